The van der Waals surface area contributed by atoms with Gasteiger partial charge in [-0.2, -0.15) is 0 Å². The number of benzene rings is 1. The first-order valence-electron chi connectivity index (χ1n) is 5.84. The Labute approximate surface area is 102 Å². The van der Waals surface area contributed by atoms with E-state index in [1.165, 1.54) is 0 Å². The number of nitrogens with two attached hydrogens (primary N) is 1. The largest absolute Gasteiger partial charge is 0.494 e. The first-order chi connectivity index (χ1) is 8.04. The highest BCUT2D eigenvalue weighted by molar-refractivity contribution is 5.92. The van der Waals surface area contributed by atoms with Crippen molar-refractivity contribution >= 4 is 11.6 Å². The number of hydrogen-bond donors (Lipinski definition) is 2. The quantitative estimate of drug-likeness (QED) is 0.822. The molecule has 1 amide bonds. The van der Waals surface area contributed by atoms with Crippen LogP contribution >= 0.6 is 0 Å². The molecule has 0 saturated heterocycles. The van der Waals surface area contributed by atoms with Gasteiger partial charge in [0, 0.05) is 11.7 Å². The van der Waals surface area contributed by atoms with E-state index in [4.69, 9.17) is 10.5 Å². The van der Waals surface area contributed by atoms with Crippen LogP contribution in [0.25, 0.3) is 0 Å². The first-order valence-corrected chi connectivity index (χ1v) is 5.84. The molecule has 4 heteroatoms. The van der Waals surface area contributed by atoms with Crippen LogP contribution in [-0.4, -0.2) is 18.6 Å². The fourth-order valence-electron chi connectivity index (χ4n) is 1.30. The second-order valence-electron chi connectivity index (χ2n) is 4.09. The molecule has 0 aliphatic carbocycles. The second kappa shape index (κ2) is 6.25. The van der Waals surface area contributed by atoms with Crippen molar-refractivity contribution in [1.82, 2.24) is 0 Å². The summed E-state index contributed by atoms with van der Waals surface area (Å²) in [6.07, 6.45) is 0. The molecular formula is C13H20N2O2. The maximum atomic E-state index is 11.7. The number of carbonyl (C=O) groups excluding carboxylic acids is 1. The first kappa shape index (κ1) is 13.5. The average molecular weight is 236 g/mol. The standard InChI is InChI=1S/C13H20N2O2/c1-4-17-12-7-5-11(6-8-12)15-13(16)9(2)10(3)14/h5-10H,4,14H2,1-3H3,(H,15,16). The van der Waals surface area contributed by atoms with Crippen LogP contribution in [0.5, 0.6) is 5.75 Å². The van der Waals surface area contributed by atoms with Gasteiger partial charge in [-0.25, -0.2) is 0 Å². The average Bonchev–Trinajstić information content (AvgIpc) is 2.30. The van der Waals surface area contributed by atoms with Crippen molar-refractivity contribution < 1.29 is 9.53 Å². The zero-order chi connectivity index (χ0) is 12.8. The second-order valence-corrected chi connectivity index (χ2v) is 4.09. The van der Waals surface area contributed by atoms with Gasteiger partial charge >= 0.3 is 0 Å². The van der Waals surface area contributed by atoms with Gasteiger partial charge in [-0.1, -0.05) is 6.92 Å². The van der Waals surface area contributed by atoms with Gasteiger partial charge < -0.3 is 15.8 Å². The molecule has 3 N–H and O–H groups in total. The molecule has 0 bridgehead atoms. The predicted molar refractivity (Wildman–Crippen MR) is 69.1 cm³/mol. The molecular weight excluding hydrogens is 216 g/mol. The number of rotatable bonds is 5. The number of anilines is 1. The minimum atomic E-state index is -0.207. The summed E-state index contributed by atoms with van der Waals surface area (Å²) in [6.45, 7) is 6.20. The van der Waals surface area contributed by atoms with Gasteiger partial charge in [0.2, 0.25) is 5.91 Å². The summed E-state index contributed by atoms with van der Waals surface area (Å²) in [5, 5.41) is 2.82. The summed E-state index contributed by atoms with van der Waals surface area (Å²) in [4.78, 5) is 11.7. The van der Waals surface area contributed by atoms with Crippen LogP contribution in [-0.2, 0) is 4.79 Å². The Hall–Kier alpha value is -1.55. The van der Waals surface area contributed by atoms with Gasteiger partial charge in [0.05, 0.1) is 12.5 Å². The summed E-state index contributed by atoms with van der Waals surface area (Å²) in [6, 6.07) is 7.14. The highest BCUT2D eigenvalue weighted by Gasteiger charge is 2.16. The van der Waals surface area contributed by atoms with Crippen molar-refractivity contribution in [2.75, 3.05) is 11.9 Å². The minimum Gasteiger partial charge on any atom is -0.494 e. The molecule has 0 aromatic heterocycles. The van der Waals surface area contributed by atoms with E-state index in [0.717, 1.165) is 11.4 Å². The van der Waals surface area contributed by atoms with E-state index in [2.05, 4.69) is 5.32 Å². The van der Waals surface area contributed by atoms with Gasteiger partial charge in [-0.05, 0) is 38.1 Å². The van der Waals surface area contributed by atoms with Crippen LogP contribution in [0.3, 0.4) is 0 Å². The lowest BCUT2D eigenvalue weighted by Crippen LogP contribution is -2.34. The van der Waals surface area contributed by atoms with Crippen LogP contribution in [0.4, 0.5) is 5.69 Å². The molecule has 94 valence electrons. The van der Waals surface area contributed by atoms with Gasteiger partial charge in [0.1, 0.15) is 5.75 Å². The fourth-order valence-corrected chi connectivity index (χ4v) is 1.30. The van der Waals surface area contributed by atoms with Crippen LogP contribution in [0, 0.1) is 5.92 Å². The SMILES string of the molecule is CCOc1ccc(NC(=O)C(C)C(C)N)cc1. The Balaban J connectivity index is 2.60. The van der Waals surface area contributed by atoms with Crippen LogP contribution in [0.1, 0.15) is 20.8 Å². The topological polar surface area (TPSA) is 64.3 Å². The molecule has 0 spiro atoms. The highest BCUT2D eigenvalue weighted by atomic mass is 16.5. The molecule has 0 fully saturated rings. The Morgan fingerprint density at radius 1 is 1.35 bits per heavy atom. The van der Waals surface area contributed by atoms with Crippen LogP contribution < -0.4 is 15.8 Å². The molecule has 2 atom stereocenters. The third kappa shape index (κ3) is 4.07. The van der Waals surface area contributed by atoms with E-state index in [1.807, 2.05) is 45.0 Å². The molecule has 0 saturated carbocycles. The maximum Gasteiger partial charge on any atom is 0.228 e. The van der Waals surface area contributed by atoms with Crippen molar-refractivity contribution in [3.63, 3.8) is 0 Å². The number of amides is 1. The molecule has 17 heavy (non-hydrogen) atoms. The van der Waals surface area contributed by atoms with Crippen molar-refractivity contribution in [2.24, 2.45) is 11.7 Å². The summed E-state index contributed by atoms with van der Waals surface area (Å²) in [7, 11) is 0. The van der Waals surface area contributed by atoms with Crippen LogP contribution in [0.15, 0.2) is 24.3 Å². The van der Waals surface area contributed by atoms with Gasteiger partial charge in [0.15, 0.2) is 0 Å². The molecule has 4 nitrogen and oxygen atoms in total. The third-order valence-corrected chi connectivity index (χ3v) is 2.64. The van der Waals surface area contributed by atoms with E-state index in [1.54, 1.807) is 0 Å². The number of nitrogens with one attached hydrogen (secondary N) is 1. The third-order valence-electron chi connectivity index (χ3n) is 2.64. The van der Waals surface area contributed by atoms with E-state index in [-0.39, 0.29) is 17.9 Å². The zero-order valence-electron chi connectivity index (χ0n) is 10.6. The molecule has 1 aromatic rings. The molecule has 0 aliphatic rings. The predicted octanol–water partition coefficient (Wildman–Crippen LogP) is 2.01. The van der Waals surface area contributed by atoms with Crippen molar-refractivity contribution in [3.8, 4) is 5.75 Å². The summed E-state index contributed by atoms with van der Waals surface area (Å²) in [5.74, 6) is 0.525. The summed E-state index contributed by atoms with van der Waals surface area (Å²) < 4.78 is 5.32. The lowest BCUT2D eigenvalue weighted by Gasteiger charge is -2.15. The Kier molecular flexibility index (Phi) is 4.97. The fraction of sp³-hybridized carbons (Fsp3) is 0.462. The number of carbonyl (C=O) groups is 1. The summed E-state index contributed by atoms with van der Waals surface area (Å²) in [5.41, 5.74) is 6.43. The monoisotopic (exact) mass is 236 g/mol. The van der Waals surface area contributed by atoms with Crippen molar-refractivity contribution in [3.05, 3.63) is 24.3 Å². The molecule has 0 aliphatic heterocycles. The summed E-state index contributed by atoms with van der Waals surface area (Å²) >= 11 is 0. The van der Waals surface area contributed by atoms with Gasteiger partial charge in [-0.15, -0.1) is 0 Å². The number of hydrogen-bond acceptors (Lipinski definition) is 3. The molecule has 1 rings (SSSR count). The lowest BCUT2D eigenvalue weighted by molar-refractivity contribution is -0.119. The van der Waals surface area contributed by atoms with Crippen LogP contribution in [0.2, 0.25) is 0 Å². The van der Waals surface area contributed by atoms with E-state index < -0.39 is 0 Å². The molecule has 1 aromatic carbocycles. The van der Waals surface area contributed by atoms with Crippen molar-refractivity contribution in [2.45, 2.75) is 26.8 Å². The van der Waals surface area contributed by atoms with E-state index in [9.17, 15) is 4.79 Å². The normalized spacial score (nSPS) is 13.9. The Morgan fingerprint density at radius 3 is 2.41 bits per heavy atom. The molecule has 0 heterocycles. The maximum absolute atomic E-state index is 11.7. The number of ether oxygens (including phenoxy) is 1. The van der Waals surface area contributed by atoms with Gasteiger partial charge in [-0.3, -0.25) is 4.79 Å². The minimum absolute atomic E-state index is 0.0656. The van der Waals surface area contributed by atoms with E-state index in [0.29, 0.717) is 6.61 Å². The zero-order valence-corrected chi connectivity index (χ0v) is 10.6. The molecule has 2 unspecified atom stereocenters. The molecule has 0 radical (unpaired) electrons. The van der Waals surface area contributed by atoms with Gasteiger partial charge in [0.25, 0.3) is 0 Å². The Bertz CT molecular complexity index is 360. The van der Waals surface area contributed by atoms with E-state index >= 15 is 0 Å². The Morgan fingerprint density at radius 2 is 1.94 bits per heavy atom. The van der Waals surface area contributed by atoms with Crippen molar-refractivity contribution in [1.29, 1.82) is 0 Å². The lowest BCUT2D eigenvalue weighted by atomic mass is 10.0. The highest BCUT2D eigenvalue weighted by Crippen LogP contribution is 2.16. The smallest absolute Gasteiger partial charge is 0.228 e.